The van der Waals surface area contributed by atoms with Crippen molar-refractivity contribution in [1.82, 2.24) is 4.98 Å². The van der Waals surface area contributed by atoms with Crippen LogP contribution in [0, 0.1) is 13.8 Å². The fourth-order valence-electron chi connectivity index (χ4n) is 1.77. The van der Waals surface area contributed by atoms with Crippen LogP contribution >= 0.6 is 22.9 Å². The summed E-state index contributed by atoms with van der Waals surface area (Å²) in [6.45, 7) is 4.22. The molecule has 0 spiro atoms. The molecular formula is C12H10ClNO2S. The van der Waals surface area contributed by atoms with Crippen LogP contribution in [-0.2, 0) is 0 Å². The number of hydrogen-bond acceptors (Lipinski definition) is 4. The molecular weight excluding hydrogens is 258 g/mol. The molecule has 88 valence electrons. The number of nitrogens with zero attached hydrogens (tertiary/aromatic N) is 1. The van der Waals surface area contributed by atoms with Crippen LogP contribution in [-0.4, -0.2) is 11.8 Å². The van der Waals surface area contributed by atoms with Crippen LogP contribution in [0.5, 0.6) is 11.5 Å². The van der Waals surface area contributed by atoms with Gasteiger partial charge in [-0.2, -0.15) is 0 Å². The minimum atomic E-state index is 0.288. The second kappa shape index (κ2) is 3.89. The monoisotopic (exact) mass is 267 g/mol. The fraction of sp³-hybridized carbons (Fsp3) is 0.250. The van der Waals surface area contributed by atoms with E-state index in [4.69, 9.17) is 21.1 Å². The van der Waals surface area contributed by atoms with Crippen molar-refractivity contribution in [2.45, 2.75) is 13.8 Å². The van der Waals surface area contributed by atoms with Gasteiger partial charge in [-0.1, -0.05) is 11.6 Å². The van der Waals surface area contributed by atoms with Gasteiger partial charge < -0.3 is 9.47 Å². The smallest absolute Gasteiger partial charge is 0.231 e. The van der Waals surface area contributed by atoms with Crippen molar-refractivity contribution < 1.29 is 9.47 Å². The molecule has 17 heavy (non-hydrogen) atoms. The molecule has 0 atom stereocenters. The first-order valence-electron chi connectivity index (χ1n) is 5.18. The number of thiazole rings is 1. The SMILES string of the molecule is Cc1cc2c(cc1-c1nc(C)c(Cl)s1)OCO2. The van der Waals surface area contributed by atoms with Gasteiger partial charge in [-0.15, -0.1) is 11.3 Å². The molecule has 0 radical (unpaired) electrons. The van der Waals surface area contributed by atoms with Crippen LogP contribution in [0.25, 0.3) is 10.6 Å². The average Bonchev–Trinajstić information content (AvgIpc) is 2.85. The van der Waals surface area contributed by atoms with E-state index in [2.05, 4.69) is 4.98 Å². The van der Waals surface area contributed by atoms with Gasteiger partial charge in [-0.3, -0.25) is 0 Å². The number of aromatic nitrogens is 1. The van der Waals surface area contributed by atoms with E-state index in [1.54, 1.807) is 0 Å². The van der Waals surface area contributed by atoms with Crippen LogP contribution in [0.3, 0.4) is 0 Å². The highest BCUT2D eigenvalue weighted by Gasteiger charge is 2.18. The number of halogens is 1. The summed E-state index contributed by atoms with van der Waals surface area (Å²) in [7, 11) is 0. The van der Waals surface area contributed by atoms with Gasteiger partial charge in [0, 0.05) is 5.56 Å². The molecule has 1 aliphatic rings. The van der Waals surface area contributed by atoms with Crippen molar-refractivity contribution in [3.63, 3.8) is 0 Å². The molecule has 0 fully saturated rings. The molecule has 3 rings (SSSR count). The zero-order chi connectivity index (χ0) is 12.0. The van der Waals surface area contributed by atoms with Gasteiger partial charge >= 0.3 is 0 Å². The number of ether oxygens (including phenoxy) is 2. The highest BCUT2D eigenvalue weighted by molar-refractivity contribution is 7.19. The summed E-state index contributed by atoms with van der Waals surface area (Å²) in [4.78, 5) is 4.46. The predicted molar refractivity (Wildman–Crippen MR) is 68.2 cm³/mol. The number of rotatable bonds is 1. The Kier molecular flexibility index (Phi) is 2.49. The zero-order valence-corrected chi connectivity index (χ0v) is 11.0. The van der Waals surface area contributed by atoms with E-state index in [9.17, 15) is 0 Å². The molecule has 0 N–H and O–H groups in total. The highest BCUT2D eigenvalue weighted by atomic mass is 35.5. The molecule has 1 aromatic carbocycles. The molecule has 5 heteroatoms. The molecule has 0 amide bonds. The lowest BCUT2D eigenvalue weighted by Gasteiger charge is -2.04. The van der Waals surface area contributed by atoms with Crippen LogP contribution in [0.2, 0.25) is 4.34 Å². The Hall–Kier alpha value is -1.26. The number of hydrogen-bond donors (Lipinski definition) is 0. The maximum Gasteiger partial charge on any atom is 0.231 e. The third-order valence-electron chi connectivity index (χ3n) is 2.69. The minimum absolute atomic E-state index is 0.288. The van der Waals surface area contributed by atoms with E-state index in [0.717, 1.165) is 37.7 Å². The Morgan fingerprint density at radius 3 is 2.59 bits per heavy atom. The molecule has 1 aromatic heterocycles. The Bertz CT molecular complexity index is 575. The summed E-state index contributed by atoms with van der Waals surface area (Å²) in [5.74, 6) is 1.57. The van der Waals surface area contributed by atoms with Gasteiger partial charge in [0.25, 0.3) is 0 Å². The Balaban J connectivity index is 2.14. The lowest BCUT2D eigenvalue weighted by atomic mass is 10.1. The third-order valence-corrected chi connectivity index (χ3v) is 4.17. The van der Waals surface area contributed by atoms with Crippen molar-refractivity contribution in [2.75, 3.05) is 6.79 Å². The summed E-state index contributed by atoms with van der Waals surface area (Å²) in [5.41, 5.74) is 3.03. The third kappa shape index (κ3) is 1.77. The van der Waals surface area contributed by atoms with Gasteiger partial charge in [-0.05, 0) is 31.5 Å². The Morgan fingerprint density at radius 1 is 1.24 bits per heavy atom. The molecule has 0 bridgehead atoms. The molecule has 0 saturated heterocycles. The van der Waals surface area contributed by atoms with Gasteiger partial charge in [0.15, 0.2) is 11.5 Å². The normalized spacial score (nSPS) is 13.1. The fourth-order valence-corrected chi connectivity index (χ4v) is 2.90. The second-order valence-electron chi connectivity index (χ2n) is 3.90. The van der Waals surface area contributed by atoms with Crippen molar-refractivity contribution in [1.29, 1.82) is 0 Å². The molecule has 1 aliphatic heterocycles. The molecule has 2 aromatic rings. The van der Waals surface area contributed by atoms with Crippen molar-refractivity contribution >= 4 is 22.9 Å². The van der Waals surface area contributed by atoms with Gasteiger partial charge in [0.1, 0.15) is 9.34 Å². The van der Waals surface area contributed by atoms with E-state index < -0.39 is 0 Å². The average molecular weight is 268 g/mol. The first-order chi connectivity index (χ1) is 8.15. The van der Waals surface area contributed by atoms with Gasteiger partial charge in [0.05, 0.1) is 5.69 Å². The van der Waals surface area contributed by atoms with Crippen LogP contribution in [0.1, 0.15) is 11.3 Å². The van der Waals surface area contributed by atoms with Crippen LogP contribution in [0.4, 0.5) is 0 Å². The first kappa shape index (κ1) is 10.9. The predicted octanol–water partition coefficient (Wildman–Crippen LogP) is 3.81. The summed E-state index contributed by atoms with van der Waals surface area (Å²) in [6.07, 6.45) is 0. The Morgan fingerprint density at radius 2 is 1.94 bits per heavy atom. The molecule has 0 saturated carbocycles. The van der Waals surface area contributed by atoms with E-state index in [-0.39, 0.29) is 6.79 Å². The molecule has 2 heterocycles. The van der Waals surface area contributed by atoms with Crippen LogP contribution in [0.15, 0.2) is 12.1 Å². The standard InChI is InChI=1S/C12H10ClNO2S/c1-6-3-9-10(16-5-15-9)4-8(6)12-14-7(2)11(13)17-12/h3-4H,5H2,1-2H3. The Labute approximate surface area is 108 Å². The second-order valence-corrected chi connectivity index (χ2v) is 5.50. The quantitative estimate of drug-likeness (QED) is 0.787. The summed E-state index contributed by atoms with van der Waals surface area (Å²) >= 11 is 7.53. The molecule has 0 aliphatic carbocycles. The van der Waals surface area contributed by atoms with E-state index >= 15 is 0 Å². The summed E-state index contributed by atoms with van der Waals surface area (Å²) < 4.78 is 11.4. The molecule has 0 unspecified atom stereocenters. The number of aryl methyl sites for hydroxylation is 2. The van der Waals surface area contributed by atoms with Crippen LogP contribution < -0.4 is 9.47 Å². The van der Waals surface area contributed by atoms with Crippen molar-refractivity contribution in [3.8, 4) is 22.1 Å². The summed E-state index contributed by atoms with van der Waals surface area (Å²) in [5, 5.41) is 0.920. The van der Waals surface area contributed by atoms with Crippen molar-refractivity contribution in [3.05, 3.63) is 27.7 Å². The largest absolute Gasteiger partial charge is 0.454 e. The molecule has 3 nitrogen and oxygen atoms in total. The van der Waals surface area contributed by atoms with E-state index in [1.165, 1.54) is 11.3 Å². The zero-order valence-electron chi connectivity index (χ0n) is 9.41. The summed E-state index contributed by atoms with van der Waals surface area (Å²) in [6, 6.07) is 3.94. The highest BCUT2D eigenvalue weighted by Crippen LogP contribution is 2.40. The maximum absolute atomic E-state index is 6.05. The minimum Gasteiger partial charge on any atom is -0.454 e. The van der Waals surface area contributed by atoms with Crippen molar-refractivity contribution in [2.24, 2.45) is 0 Å². The van der Waals surface area contributed by atoms with Gasteiger partial charge in [0.2, 0.25) is 6.79 Å². The number of benzene rings is 1. The lowest BCUT2D eigenvalue weighted by molar-refractivity contribution is 0.174. The first-order valence-corrected chi connectivity index (χ1v) is 6.38. The van der Waals surface area contributed by atoms with E-state index in [1.807, 2.05) is 26.0 Å². The lowest BCUT2D eigenvalue weighted by Crippen LogP contribution is -1.92. The number of fused-ring (bicyclic) bond motifs is 1. The van der Waals surface area contributed by atoms with E-state index in [0.29, 0.717) is 0 Å². The van der Waals surface area contributed by atoms with Gasteiger partial charge in [-0.25, -0.2) is 4.98 Å². The topological polar surface area (TPSA) is 31.4 Å². The maximum atomic E-state index is 6.05.